The summed E-state index contributed by atoms with van der Waals surface area (Å²) in [4.78, 5) is 0. The minimum Gasteiger partial charge on any atom is -0.192 e. The molecule has 0 N–H and O–H groups in total. The van der Waals surface area contributed by atoms with Crippen molar-refractivity contribution in [2.75, 3.05) is 0 Å². The van der Waals surface area contributed by atoms with Crippen molar-refractivity contribution in [3.05, 3.63) is 115 Å². The Kier molecular flexibility index (Phi) is 7.21. The molecule has 3 aromatic carbocycles. The topological polar surface area (TPSA) is 238 Å². The van der Waals surface area contributed by atoms with Crippen LogP contribution in [0.15, 0.2) is 59.7 Å². The van der Waals surface area contributed by atoms with Gasteiger partial charge in [-0.1, -0.05) is 12.1 Å². The average Bonchev–Trinajstić information content (AvgIpc) is 3.59. The third-order valence-corrected chi connectivity index (χ3v) is 7.50. The van der Waals surface area contributed by atoms with Gasteiger partial charge in [0.05, 0.1) is 33.4 Å². The molecule has 0 unspecified atom stereocenters. The molecule has 0 atom stereocenters. The lowest BCUT2D eigenvalue weighted by atomic mass is 9.89. The van der Waals surface area contributed by atoms with Gasteiger partial charge in [-0.3, -0.25) is 0 Å². The Labute approximate surface area is 261 Å². The second-order valence-corrected chi connectivity index (χ2v) is 9.58. The Morgan fingerprint density at radius 3 is 1.00 bits per heavy atom. The van der Waals surface area contributed by atoms with Gasteiger partial charge in [0.25, 0.3) is 0 Å². The van der Waals surface area contributed by atoms with Gasteiger partial charge < -0.3 is 0 Å². The van der Waals surface area contributed by atoms with Crippen LogP contribution in [0.25, 0.3) is 33.4 Å². The summed E-state index contributed by atoms with van der Waals surface area (Å²) in [5, 5.41) is 98.7. The third-order valence-electron chi connectivity index (χ3n) is 7.50. The molecular formula is C36H8N10. The van der Waals surface area contributed by atoms with Crippen LogP contribution in [0.4, 0.5) is 0 Å². The number of fused-ring (bicyclic) bond motifs is 2. The van der Waals surface area contributed by atoms with Crippen LogP contribution in [0.5, 0.6) is 0 Å². The number of hydrogen-bond acceptors (Lipinski definition) is 10. The van der Waals surface area contributed by atoms with Crippen LogP contribution in [0, 0.1) is 113 Å². The van der Waals surface area contributed by atoms with Gasteiger partial charge in [0.15, 0.2) is 0 Å². The van der Waals surface area contributed by atoms with Gasteiger partial charge in [0, 0.05) is 33.4 Å². The lowest BCUT2D eigenvalue weighted by molar-refractivity contribution is 1.42. The van der Waals surface area contributed by atoms with Gasteiger partial charge in [0.2, 0.25) is 0 Å². The second kappa shape index (κ2) is 11.4. The van der Waals surface area contributed by atoms with Crippen LogP contribution in [-0.2, 0) is 0 Å². The van der Waals surface area contributed by atoms with E-state index in [4.69, 9.17) is 0 Å². The highest BCUT2D eigenvalue weighted by Gasteiger charge is 2.37. The molecule has 2 aliphatic rings. The summed E-state index contributed by atoms with van der Waals surface area (Å²) in [5.74, 6) is 0. The molecule has 10 nitrogen and oxygen atoms in total. The molecule has 0 fully saturated rings. The molecule has 0 bridgehead atoms. The van der Waals surface area contributed by atoms with Gasteiger partial charge in [-0.05, 0) is 58.7 Å². The maximum absolute atomic E-state index is 10.4. The Morgan fingerprint density at radius 2 is 0.717 bits per heavy atom. The fourth-order valence-corrected chi connectivity index (χ4v) is 5.60. The smallest absolute Gasteiger partial charge is 0.138 e. The zero-order valence-electron chi connectivity index (χ0n) is 23.1. The van der Waals surface area contributed by atoms with Gasteiger partial charge in [-0.2, -0.15) is 52.6 Å². The molecular weight excluding hydrogens is 572 g/mol. The van der Waals surface area contributed by atoms with Gasteiger partial charge in [-0.25, -0.2) is 0 Å². The molecule has 0 aromatic heterocycles. The van der Waals surface area contributed by atoms with Crippen molar-refractivity contribution in [2.24, 2.45) is 0 Å². The normalized spacial score (nSPS) is 11.9. The number of hydrogen-bond donors (Lipinski definition) is 0. The quantitative estimate of drug-likeness (QED) is 0.336. The number of nitrogens with zero attached hydrogens (tertiary/aromatic N) is 10. The van der Waals surface area contributed by atoms with E-state index in [1.807, 2.05) is 48.6 Å². The van der Waals surface area contributed by atoms with Crippen molar-refractivity contribution in [3.8, 4) is 60.7 Å². The first-order chi connectivity index (χ1) is 22.4. The molecule has 10 heteroatoms. The molecule has 0 aliphatic heterocycles. The molecule has 0 radical (unpaired) electrons. The maximum atomic E-state index is 10.4. The van der Waals surface area contributed by atoms with E-state index in [2.05, 4.69) is 12.1 Å². The van der Waals surface area contributed by atoms with Crippen LogP contribution in [-0.4, -0.2) is 0 Å². The number of nitriles is 10. The van der Waals surface area contributed by atoms with Crippen molar-refractivity contribution >= 4 is 33.4 Å². The number of allylic oxidation sites excluding steroid dienone is 8. The molecule has 46 heavy (non-hydrogen) atoms. The number of rotatable bonds is 2. The van der Waals surface area contributed by atoms with Crippen molar-refractivity contribution in [3.63, 3.8) is 0 Å². The van der Waals surface area contributed by atoms with Crippen molar-refractivity contribution in [1.29, 1.82) is 52.6 Å². The first kappa shape index (κ1) is 29.0. The summed E-state index contributed by atoms with van der Waals surface area (Å²) in [6.07, 6.45) is 0. The predicted octanol–water partition coefficient (Wildman–Crippen LogP) is 5.67. The highest BCUT2D eigenvalue weighted by molar-refractivity contribution is 6.29. The first-order valence-corrected chi connectivity index (χ1v) is 12.9. The van der Waals surface area contributed by atoms with E-state index in [-0.39, 0.29) is 100 Å². The third kappa shape index (κ3) is 4.11. The van der Waals surface area contributed by atoms with Crippen molar-refractivity contribution in [1.82, 2.24) is 0 Å². The zero-order valence-corrected chi connectivity index (χ0v) is 23.1. The maximum Gasteiger partial charge on any atom is 0.138 e. The van der Waals surface area contributed by atoms with Crippen molar-refractivity contribution in [2.45, 2.75) is 0 Å². The average molecular weight is 581 g/mol. The molecule has 0 spiro atoms. The Morgan fingerprint density at radius 1 is 0.370 bits per heavy atom. The lowest BCUT2D eigenvalue weighted by Gasteiger charge is -2.11. The summed E-state index contributed by atoms with van der Waals surface area (Å²) < 4.78 is 0. The molecule has 0 saturated carbocycles. The number of benzene rings is 3. The van der Waals surface area contributed by atoms with Crippen LogP contribution in [0.1, 0.15) is 55.6 Å². The molecule has 0 saturated heterocycles. The fourth-order valence-electron chi connectivity index (χ4n) is 5.60. The highest BCUT2D eigenvalue weighted by atomic mass is 14.4. The van der Waals surface area contributed by atoms with E-state index in [0.717, 1.165) is 0 Å². The summed E-state index contributed by atoms with van der Waals surface area (Å²) in [6.45, 7) is 0. The van der Waals surface area contributed by atoms with E-state index in [1.54, 1.807) is 0 Å². The zero-order chi connectivity index (χ0) is 33.1. The van der Waals surface area contributed by atoms with E-state index >= 15 is 0 Å². The molecule has 0 heterocycles. The fraction of sp³-hybridized carbons (Fsp3) is 0. The molecule has 2 aliphatic carbocycles. The van der Waals surface area contributed by atoms with Gasteiger partial charge in [-0.15, -0.1) is 0 Å². The van der Waals surface area contributed by atoms with Crippen LogP contribution in [0.2, 0.25) is 0 Å². The van der Waals surface area contributed by atoms with Crippen LogP contribution in [0.3, 0.4) is 0 Å². The minimum absolute atomic E-state index is 0.00875. The second-order valence-electron chi connectivity index (χ2n) is 9.58. The summed E-state index contributed by atoms with van der Waals surface area (Å²) >= 11 is 0. The standard InChI is InChI=1S/C36H8N10/c37-9-21-3-1-19(5-23(21)11-39)33-31(17-45)27-7-30-28(8-29(27)35(33)25(13-41)14-42)32(18-46)34(36(30)26(15-43)16-44)20-2-4-22(10-38)24(6-20)12-40/h1-8H. The van der Waals surface area contributed by atoms with Gasteiger partial charge in [0.1, 0.15) is 71.8 Å². The van der Waals surface area contributed by atoms with E-state index < -0.39 is 0 Å². The summed E-state index contributed by atoms with van der Waals surface area (Å²) in [6, 6.07) is 30.8. The Bertz CT molecular complexity index is 2360. The van der Waals surface area contributed by atoms with Crippen LogP contribution < -0.4 is 0 Å². The summed E-state index contributed by atoms with van der Waals surface area (Å²) in [5.41, 5.74) is 1.45. The largest absolute Gasteiger partial charge is 0.192 e. The van der Waals surface area contributed by atoms with E-state index in [0.29, 0.717) is 0 Å². The molecule has 0 amide bonds. The Hall–Kier alpha value is -8.48. The predicted molar refractivity (Wildman–Crippen MR) is 159 cm³/mol. The monoisotopic (exact) mass is 580 g/mol. The first-order valence-electron chi connectivity index (χ1n) is 12.9. The summed E-state index contributed by atoms with van der Waals surface area (Å²) in [7, 11) is 0. The molecule has 3 aromatic rings. The van der Waals surface area contributed by atoms with Crippen molar-refractivity contribution < 1.29 is 0 Å². The molecule has 5 rings (SSSR count). The Balaban J connectivity index is 1.93. The molecule has 202 valence electrons. The van der Waals surface area contributed by atoms with Gasteiger partial charge >= 0.3 is 0 Å². The van der Waals surface area contributed by atoms with E-state index in [1.165, 1.54) is 48.5 Å². The SMILES string of the molecule is N#CC(C#N)=C1C(c2ccc(C#N)c(C#N)c2)=C(C#N)c2cc3c(cc21)C(C#N)=C(c1ccc(C#N)c(C#N)c1)C3=C(C#N)C#N. The highest BCUT2D eigenvalue weighted by Crippen LogP contribution is 2.54. The lowest BCUT2D eigenvalue weighted by Crippen LogP contribution is -1.95. The van der Waals surface area contributed by atoms with E-state index in [9.17, 15) is 52.6 Å². The minimum atomic E-state index is -0.360. The van der Waals surface area contributed by atoms with Crippen LogP contribution >= 0.6 is 0 Å².